The van der Waals surface area contributed by atoms with Crippen LogP contribution >= 0.6 is 7.80 Å². The Morgan fingerprint density at radius 2 is 0.787 bits per heavy atom. The van der Waals surface area contributed by atoms with Gasteiger partial charge in [0.25, 0.3) is 5.79 Å². The number of carbonyl (C=O) groups is 1. The lowest BCUT2D eigenvalue weighted by Gasteiger charge is -2.55. The van der Waals surface area contributed by atoms with Crippen molar-refractivity contribution in [3.05, 3.63) is 24.3 Å². The lowest BCUT2D eigenvalue weighted by atomic mass is 9.85. The van der Waals surface area contributed by atoms with Gasteiger partial charge >= 0.3 is 24.5 Å². The SMILES string of the molecule is C=C(C)C(=O)[P+](=O)C1(OCCCCCCC)C=CC(OCCCCCCC)C(OCCCCCCC)(OCCCCCCC)C1(OCCCCCCC)OCCCCCCC. The quantitative estimate of drug-likeness (QED) is 0.0196. The highest BCUT2D eigenvalue weighted by Gasteiger charge is 2.82. The summed E-state index contributed by atoms with van der Waals surface area (Å²) in [5, 5.41) is -1.87. The normalized spacial score (nSPS) is 18.5. The summed E-state index contributed by atoms with van der Waals surface area (Å²) in [4.78, 5) is 14.3. The van der Waals surface area contributed by atoms with Crippen LogP contribution in [0.15, 0.2) is 24.3 Å². The van der Waals surface area contributed by atoms with Crippen molar-refractivity contribution < 1.29 is 37.8 Å². The van der Waals surface area contributed by atoms with Gasteiger partial charge in [-0.15, -0.1) is 0 Å². The topological polar surface area (TPSA) is 89.5 Å². The van der Waals surface area contributed by atoms with E-state index in [9.17, 15) is 4.79 Å². The van der Waals surface area contributed by atoms with E-state index in [1.165, 1.54) is 12.8 Å². The summed E-state index contributed by atoms with van der Waals surface area (Å²) in [5.41, 5.74) is -0.352. The zero-order valence-electron chi connectivity index (χ0n) is 41.1. The van der Waals surface area contributed by atoms with Crippen LogP contribution in [0.5, 0.6) is 0 Å². The number of hydrogen-bond donors (Lipinski definition) is 0. The summed E-state index contributed by atoms with van der Waals surface area (Å²) in [5.74, 6) is -3.66. The number of carbonyl (C=O) groups excluding carboxylic acids is 1. The van der Waals surface area contributed by atoms with Crippen LogP contribution in [0.4, 0.5) is 0 Å². The Labute approximate surface area is 378 Å². The van der Waals surface area contributed by atoms with Gasteiger partial charge in [-0.05, 0) is 51.5 Å². The van der Waals surface area contributed by atoms with E-state index >= 15 is 4.57 Å². The molecule has 1 aliphatic rings. The van der Waals surface area contributed by atoms with Crippen LogP contribution in [-0.2, 0) is 37.8 Å². The third-order valence-corrected chi connectivity index (χ3v) is 13.9. The lowest BCUT2D eigenvalue weighted by Crippen LogP contribution is -2.77. The average Bonchev–Trinajstić information content (AvgIpc) is 3.26. The highest BCUT2D eigenvalue weighted by Crippen LogP contribution is 2.61. The zero-order valence-corrected chi connectivity index (χ0v) is 42.0. The summed E-state index contributed by atoms with van der Waals surface area (Å²) in [7, 11) is -2.88. The van der Waals surface area contributed by atoms with E-state index in [1.54, 1.807) is 13.0 Å². The highest BCUT2D eigenvalue weighted by molar-refractivity contribution is 7.66. The van der Waals surface area contributed by atoms with Gasteiger partial charge in [-0.3, -0.25) is 0 Å². The minimum Gasteiger partial charge on any atom is -0.368 e. The fraction of sp³-hybridized carbons (Fsp3) is 0.904. The van der Waals surface area contributed by atoms with Crippen LogP contribution in [0.2, 0.25) is 0 Å². The van der Waals surface area contributed by atoms with Crippen LogP contribution < -0.4 is 0 Å². The fourth-order valence-corrected chi connectivity index (χ4v) is 9.81. The van der Waals surface area contributed by atoms with Crippen LogP contribution in [-0.4, -0.2) is 68.2 Å². The number of ether oxygens (including phenoxy) is 6. The van der Waals surface area contributed by atoms with E-state index in [1.807, 2.05) is 6.08 Å². The predicted octanol–water partition coefficient (Wildman–Crippen LogP) is 15.9. The molecule has 0 N–H and O–H groups in total. The van der Waals surface area contributed by atoms with E-state index in [2.05, 4.69) is 48.1 Å². The smallest absolute Gasteiger partial charge is 0.368 e. The van der Waals surface area contributed by atoms with Gasteiger partial charge in [-0.1, -0.05) is 207 Å². The number of unbranched alkanes of at least 4 members (excludes halogenated alkanes) is 24. The van der Waals surface area contributed by atoms with Gasteiger partial charge < -0.3 is 28.4 Å². The Morgan fingerprint density at radius 1 is 0.475 bits per heavy atom. The minimum atomic E-state index is -2.88. The van der Waals surface area contributed by atoms with Crippen molar-refractivity contribution in [2.75, 3.05) is 39.6 Å². The molecule has 8 nitrogen and oxygen atoms in total. The third-order valence-electron chi connectivity index (χ3n) is 12.0. The maximum Gasteiger partial charge on any atom is 0.465 e. The van der Waals surface area contributed by atoms with Gasteiger partial charge in [0.15, 0.2) is 0 Å². The molecule has 61 heavy (non-hydrogen) atoms. The van der Waals surface area contributed by atoms with Crippen LogP contribution in [0, 0.1) is 0 Å². The largest absolute Gasteiger partial charge is 0.465 e. The molecule has 0 spiro atoms. The van der Waals surface area contributed by atoms with Gasteiger partial charge in [-0.2, -0.15) is 0 Å². The maximum absolute atomic E-state index is 15.5. The molecule has 1 aliphatic carbocycles. The monoisotopic (exact) mass is 882 g/mol. The summed E-state index contributed by atoms with van der Waals surface area (Å²) >= 11 is 0. The van der Waals surface area contributed by atoms with Crippen molar-refractivity contribution >= 4 is 13.3 Å². The van der Waals surface area contributed by atoms with Crippen LogP contribution in [0.25, 0.3) is 0 Å². The first-order valence-corrected chi connectivity index (χ1v) is 27.2. The van der Waals surface area contributed by atoms with Crippen molar-refractivity contribution in [2.24, 2.45) is 0 Å². The van der Waals surface area contributed by atoms with E-state index in [4.69, 9.17) is 28.4 Å². The molecule has 9 heteroatoms. The highest BCUT2D eigenvalue weighted by atomic mass is 31.1. The molecule has 0 aromatic rings. The zero-order chi connectivity index (χ0) is 44.9. The maximum atomic E-state index is 15.5. The molecule has 0 aromatic carbocycles. The van der Waals surface area contributed by atoms with Crippen molar-refractivity contribution in [1.82, 2.24) is 0 Å². The summed E-state index contributed by atoms with van der Waals surface area (Å²) in [6, 6.07) is 0. The van der Waals surface area contributed by atoms with Crippen molar-refractivity contribution in [1.29, 1.82) is 0 Å². The Balaban J connectivity index is 4.23. The van der Waals surface area contributed by atoms with Gasteiger partial charge in [0.05, 0.1) is 33.0 Å². The van der Waals surface area contributed by atoms with Gasteiger partial charge in [0.2, 0.25) is 0 Å². The van der Waals surface area contributed by atoms with Crippen molar-refractivity contribution in [3.8, 4) is 0 Å². The van der Waals surface area contributed by atoms with Gasteiger partial charge in [0.1, 0.15) is 6.10 Å². The molecule has 0 fully saturated rings. The Bertz CT molecular complexity index is 1090. The first-order valence-electron chi connectivity index (χ1n) is 25.9. The second-order valence-electron chi connectivity index (χ2n) is 17.7. The second kappa shape index (κ2) is 37.3. The molecule has 3 atom stereocenters. The van der Waals surface area contributed by atoms with E-state index < -0.39 is 36.3 Å². The number of allylic oxidation sites excluding steroid dienone is 1. The Morgan fingerprint density at radius 3 is 1.13 bits per heavy atom. The molecular formula is C52H98O8P+. The lowest BCUT2D eigenvalue weighted by molar-refractivity contribution is -0.458. The molecule has 0 saturated carbocycles. The van der Waals surface area contributed by atoms with Crippen LogP contribution in [0.1, 0.15) is 241 Å². The first kappa shape index (κ1) is 58.0. The molecule has 0 bridgehead atoms. The summed E-state index contributed by atoms with van der Waals surface area (Å²) < 4.78 is 58.8. The van der Waals surface area contributed by atoms with Crippen LogP contribution in [0.3, 0.4) is 0 Å². The Kier molecular flexibility index (Phi) is 35.4. The molecule has 0 aliphatic heterocycles. The summed E-state index contributed by atoms with van der Waals surface area (Å²) in [6.07, 6.45) is 34.1. The molecule has 0 saturated heterocycles. The molecule has 0 amide bonds. The standard InChI is InChI=1S/C52H98O8P/c1-9-15-21-27-33-41-55-48-39-40-50(61(54)49(53)47(7)8,56-42-34-28-22-16-10-2)52(59-45-37-31-25-19-13-5,60-46-38-32-26-20-14-6)51(48,57-43-35-29-23-17-11-3)58-44-36-30-24-18-12-4/h39-40,48H,7,9-38,41-46H2,1-6,8H3/q+1. The van der Waals surface area contributed by atoms with E-state index in [0.717, 1.165) is 180 Å². The van der Waals surface area contributed by atoms with Gasteiger partial charge in [-0.25, -0.2) is 4.79 Å². The molecule has 0 radical (unpaired) electrons. The van der Waals surface area contributed by atoms with Gasteiger partial charge in [0, 0.05) is 18.3 Å². The summed E-state index contributed by atoms with van der Waals surface area (Å²) in [6.45, 7) is 21.0. The Hall–Kier alpha value is -0.990. The third kappa shape index (κ3) is 20.8. The predicted molar refractivity (Wildman–Crippen MR) is 257 cm³/mol. The second-order valence-corrected chi connectivity index (χ2v) is 19.4. The molecule has 0 heterocycles. The molecule has 358 valence electrons. The molecule has 3 unspecified atom stereocenters. The minimum absolute atomic E-state index is 0.207. The average molecular weight is 882 g/mol. The van der Waals surface area contributed by atoms with Crippen molar-refractivity contribution in [3.63, 3.8) is 0 Å². The van der Waals surface area contributed by atoms with E-state index in [-0.39, 0.29) is 12.2 Å². The fourth-order valence-electron chi connectivity index (χ4n) is 8.18. The molecular weight excluding hydrogens is 784 g/mol. The first-order chi connectivity index (χ1) is 29.7. The van der Waals surface area contributed by atoms with Crippen molar-refractivity contribution in [2.45, 2.75) is 264 Å². The molecule has 1 rings (SSSR count). The van der Waals surface area contributed by atoms with E-state index in [0.29, 0.717) is 33.0 Å². The molecule has 0 aromatic heterocycles. The number of rotatable bonds is 45. The number of hydrogen-bond acceptors (Lipinski definition) is 8.